The van der Waals surface area contributed by atoms with E-state index in [0.29, 0.717) is 49.6 Å². The molecule has 4 rings (SSSR count). The fraction of sp³-hybridized carbons (Fsp3) is 0.333. The summed E-state index contributed by atoms with van der Waals surface area (Å²) in [7, 11) is 0. The van der Waals surface area contributed by atoms with Crippen molar-refractivity contribution in [3.05, 3.63) is 83.4 Å². The minimum absolute atomic E-state index is 0.00212. The highest BCUT2D eigenvalue weighted by atomic mass is 16.2. The summed E-state index contributed by atoms with van der Waals surface area (Å²) in [5.74, 6) is 0.527. The molecular formula is C27H30N4O2. The molecule has 1 aliphatic heterocycles. The summed E-state index contributed by atoms with van der Waals surface area (Å²) in [6, 6.07) is 18.6. The Balaban J connectivity index is 1.60. The molecule has 2 heterocycles. The van der Waals surface area contributed by atoms with Crippen LogP contribution in [0.3, 0.4) is 0 Å². The zero-order valence-corrected chi connectivity index (χ0v) is 19.5. The molecule has 1 atom stereocenters. The van der Waals surface area contributed by atoms with Gasteiger partial charge in [-0.2, -0.15) is 0 Å². The third-order valence-electron chi connectivity index (χ3n) is 6.37. The second-order valence-electron chi connectivity index (χ2n) is 8.78. The third-order valence-corrected chi connectivity index (χ3v) is 6.37. The number of amides is 2. The lowest BCUT2D eigenvalue weighted by atomic mass is 9.79. The molecule has 1 aromatic heterocycles. The smallest absolute Gasteiger partial charge is 0.257 e. The van der Waals surface area contributed by atoms with Crippen LogP contribution in [-0.4, -0.2) is 46.3 Å². The van der Waals surface area contributed by atoms with Crippen molar-refractivity contribution in [3.63, 3.8) is 0 Å². The number of nitrogens with zero attached hydrogens (tertiary/aromatic N) is 3. The van der Waals surface area contributed by atoms with Crippen LogP contribution in [0.4, 0.5) is 0 Å². The van der Waals surface area contributed by atoms with Gasteiger partial charge in [0.05, 0.1) is 16.7 Å². The van der Waals surface area contributed by atoms with Gasteiger partial charge in [0.2, 0.25) is 5.91 Å². The van der Waals surface area contributed by atoms with Gasteiger partial charge in [0.25, 0.3) is 5.91 Å². The summed E-state index contributed by atoms with van der Waals surface area (Å²) in [6.07, 6.45) is 2.79. The van der Waals surface area contributed by atoms with Crippen molar-refractivity contribution >= 4 is 11.8 Å². The molecule has 0 radical (unpaired) electrons. The SMILES string of the molecule is CCNC(=O)[C@]1(Cc2cccc(-c3ccccc3)c2)CCN(C(=O)c2cnc(C)nc2C)C1. The molecule has 1 aliphatic rings. The molecule has 33 heavy (non-hydrogen) atoms. The minimum atomic E-state index is -0.666. The number of rotatable bonds is 6. The summed E-state index contributed by atoms with van der Waals surface area (Å²) in [4.78, 5) is 36.8. The summed E-state index contributed by atoms with van der Waals surface area (Å²) in [6.45, 7) is 7.02. The van der Waals surface area contributed by atoms with Crippen LogP contribution in [0.25, 0.3) is 11.1 Å². The van der Waals surface area contributed by atoms with Gasteiger partial charge in [-0.05, 0) is 50.3 Å². The first-order valence-corrected chi connectivity index (χ1v) is 11.4. The number of nitrogens with one attached hydrogen (secondary N) is 1. The predicted molar refractivity (Wildman–Crippen MR) is 129 cm³/mol. The van der Waals surface area contributed by atoms with E-state index >= 15 is 0 Å². The molecule has 6 heteroatoms. The molecule has 3 aromatic rings. The lowest BCUT2D eigenvalue weighted by Crippen LogP contribution is -2.45. The quantitative estimate of drug-likeness (QED) is 0.627. The van der Waals surface area contributed by atoms with E-state index in [2.05, 4.69) is 45.6 Å². The molecule has 1 fully saturated rings. The van der Waals surface area contributed by atoms with Crippen molar-refractivity contribution in [1.29, 1.82) is 0 Å². The Bertz CT molecular complexity index is 1160. The van der Waals surface area contributed by atoms with Gasteiger partial charge in [-0.1, -0.05) is 54.6 Å². The maximum Gasteiger partial charge on any atom is 0.257 e. The van der Waals surface area contributed by atoms with Crippen LogP contribution < -0.4 is 5.32 Å². The van der Waals surface area contributed by atoms with Gasteiger partial charge in [-0.3, -0.25) is 9.59 Å². The molecule has 1 N–H and O–H groups in total. The largest absolute Gasteiger partial charge is 0.356 e. The predicted octanol–water partition coefficient (Wildman–Crippen LogP) is 3.97. The first-order valence-electron chi connectivity index (χ1n) is 11.4. The van der Waals surface area contributed by atoms with E-state index in [4.69, 9.17) is 0 Å². The van der Waals surface area contributed by atoms with Crippen LogP contribution in [0.5, 0.6) is 0 Å². The molecule has 0 bridgehead atoms. The van der Waals surface area contributed by atoms with Gasteiger partial charge in [-0.25, -0.2) is 9.97 Å². The van der Waals surface area contributed by atoms with E-state index < -0.39 is 5.41 Å². The van der Waals surface area contributed by atoms with Crippen molar-refractivity contribution in [2.24, 2.45) is 5.41 Å². The highest BCUT2D eigenvalue weighted by molar-refractivity contribution is 5.96. The van der Waals surface area contributed by atoms with Crippen LogP contribution in [0, 0.1) is 19.3 Å². The van der Waals surface area contributed by atoms with Crippen molar-refractivity contribution < 1.29 is 9.59 Å². The van der Waals surface area contributed by atoms with E-state index in [9.17, 15) is 9.59 Å². The van der Waals surface area contributed by atoms with E-state index in [1.807, 2.05) is 38.1 Å². The first-order chi connectivity index (χ1) is 15.9. The topological polar surface area (TPSA) is 75.2 Å². The summed E-state index contributed by atoms with van der Waals surface area (Å²) in [5.41, 5.74) is 3.85. The number of carbonyl (C=O) groups is 2. The molecule has 0 unspecified atom stereocenters. The van der Waals surface area contributed by atoms with Crippen LogP contribution in [0.2, 0.25) is 0 Å². The number of aromatic nitrogens is 2. The second kappa shape index (κ2) is 9.53. The van der Waals surface area contributed by atoms with Gasteiger partial charge in [0.1, 0.15) is 5.82 Å². The number of hydrogen-bond acceptors (Lipinski definition) is 4. The third kappa shape index (κ3) is 4.80. The van der Waals surface area contributed by atoms with E-state index in [1.54, 1.807) is 18.0 Å². The van der Waals surface area contributed by atoms with Crippen molar-refractivity contribution in [1.82, 2.24) is 20.2 Å². The molecule has 0 aliphatic carbocycles. The summed E-state index contributed by atoms with van der Waals surface area (Å²) in [5, 5.41) is 3.01. The number of benzene rings is 2. The van der Waals surface area contributed by atoms with Gasteiger partial charge in [0, 0.05) is 25.8 Å². The standard InChI is InChI=1S/C27H30N4O2/c1-4-28-26(33)27(16-21-9-8-12-23(15-21)22-10-6-5-7-11-22)13-14-31(18-27)25(32)24-17-29-20(3)30-19(24)2/h5-12,15,17H,4,13-14,16,18H2,1-3H3,(H,28,33)/t27-/m0/s1. The number of hydrogen-bond donors (Lipinski definition) is 1. The molecule has 0 spiro atoms. The average Bonchev–Trinajstić information content (AvgIpc) is 3.25. The molecular weight excluding hydrogens is 412 g/mol. The lowest BCUT2D eigenvalue weighted by Gasteiger charge is -2.28. The zero-order valence-electron chi connectivity index (χ0n) is 19.5. The normalized spacial score (nSPS) is 17.7. The van der Waals surface area contributed by atoms with Crippen LogP contribution in [0.15, 0.2) is 60.8 Å². The van der Waals surface area contributed by atoms with Crippen LogP contribution in [0.1, 0.15) is 40.8 Å². The Morgan fingerprint density at radius 2 is 1.82 bits per heavy atom. The Hall–Kier alpha value is -3.54. The maximum atomic E-state index is 13.3. The molecule has 2 amide bonds. The maximum absolute atomic E-state index is 13.3. The highest BCUT2D eigenvalue weighted by Gasteiger charge is 2.46. The van der Waals surface area contributed by atoms with E-state index in [-0.39, 0.29) is 11.8 Å². The zero-order chi connectivity index (χ0) is 23.4. The molecule has 0 saturated carbocycles. The lowest BCUT2D eigenvalue weighted by molar-refractivity contribution is -0.130. The summed E-state index contributed by atoms with van der Waals surface area (Å²) >= 11 is 0. The number of aryl methyl sites for hydroxylation is 2. The first kappa shape index (κ1) is 22.6. The van der Waals surface area contributed by atoms with Gasteiger partial charge < -0.3 is 10.2 Å². The number of likely N-dealkylation sites (tertiary alicyclic amines) is 1. The minimum Gasteiger partial charge on any atom is -0.356 e. The Kier molecular flexibility index (Phi) is 6.54. The summed E-state index contributed by atoms with van der Waals surface area (Å²) < 4.78 is 0. The second-order valence-corrected chi connectivity index (χ2v) is 8.78. The van der Waals surface area contributed by atoms with Crippen LogP contribution >= 0.6 is 0 Å². The molecule has 170 valence electrons. The fourth-order valence-corrected chi connectivity index (χ4v) is 4.65. The van der Waals surface area contributed by atoms with E-state index in [0.717, 1.165) is 16.7 Å². The van der Waals surface area contributed by atoms with Crippen LogP contribution in [-0.2, 0) is 11.2 Å². The fourth-order valence-electron chi connectivity index (χ4n) is 4.65. The molecule has 1 saturated heterocycles. The van der Waals surface area contributed by atoms with E-state index in [1.165, 1.54) is 0 Å². The Morgan fingerprint density at radius 1 is 1.06 bits per heavy atom. The highest BCUT2D eigenvalue weighted by Crippen LogP contribution is 2.36. The van der Waals surface area contributed by atoms with Crippen molar-refractivity contribution in [2.75, 3.05) is 19.6 Å². The molecule has 2 aromatic carbocycles. The van der Waals surface area contributed by atoms with Gasteiger partial charge >= 0.3 is 0 Å². The van der Waals surface area contributed by atoms with Crippen molar-refractivity contribution in [2.45, 2.75) is 33.6 Å². The van der Waals surface area contributed by atoms with Crippen molar-refractivity contribution in [3.8, 4) is 11.1 Å². The Morgan fingerprint density at radius 3 is 2.55 bits per heavy atom. The average molecular weight is 443 g/mol. The van der Waals surface area contributed by atoms with Gasteiger partial charge in [0.15, 0.2) is 0 Å². The molecule has 6 nitrogen and oxygen atoms in total. The Labute approximate surface area is 195 Å². The monoisotopic (exact) mass is 442 g/mol. The van der Waals surface area contributed by atoms with Gasteiger partial charge in [-0.15, -0.1) is 0 Å². The number of carbonyl (C=O) groups excluding carboxylic acids is 2.